The highest BCUT2D eigenvalue weighted by Crippen LogP contribution is 2.44. The van der Waals surface area contributed by atoms with Crippen LogP contribution in [0.4, 0.5) is 0 Å². The van der Waals surface area contributed by atoms with E-state index in [-0.39, 0.29) is 12.0 Å². The van der Waals surface area contributed by atoms with Crippen LogP contribution in [0.15, 0.2) is 48.7 Å². The third kappa shape index (κ3) is 2.49. The zero-order valence-corrected chi connectivity index (χ0v) is 15.8. The summed E-state index contributed by atoms with van der Waals surface area (Å²) in [6, 6.07) is 14.4. The zero-order chi connectivity index (χ0) is 19.3. The number of ether oxygens (including phenoxy) is 1. The Bertz CT molecular complexity index is 1190. The van der Waals surface area contributed by atoms with E-state index >= 15 is 0 Å². The van der Waals surface area contributed by atoms with Gasteiger partial charge in [-0.05, 0) is 31.5 Å². The van der Waals surface area contributed by atoms with Gasteiger partial charge in [0, 0.05) is 29.1 Å². The Hall–Kier alpha value is -3.25. The summed E-state index contributed by atoms with van der Waals surface area (Å²) in [5.41, 5.74) is 7.77. The smallest absolute Gasteiger partial charge is 0.354 e. The zero-order valence-electron chi connectivity index (χ0n) is 15.8. The number of esters is 1. The fraction of sp³-hybridized carbons (Fsp3) is 0.227. The van der Waals surface area contributed by atoms with Crippen molar-refractivity contribution in [2.45, 2.75) is 26.4 Å². The molecule has 142 valence electrons. The molecule has 1 aliphatic rings. The molecule has 6 nitrogen and oxygen atoms in total. The molecule has 0 saturated heterocycles. The molecular weight excluding hydrogens is 354 g/mol. The van der Waals surface area contributed by atoms with Gasteiger partial charge >= 0.3 is 5.97 Å². The molecule has 2 aromatic heterocycles. The molecule has 2 aromatic carbocycles. The molecular formula is C22H21N3O3. The molecule has 0 bridgehead atoms. The van der Waals surface area contributed by atoms with E-state index < -0.39 is 0 Å². The fourth-order valence-corrected chi connectivity index (χ4v) is 4.02. The lowest BCUT2D eigenvalue weighted by atomic mass is 10.0. The van der Waals surface area contributed by atoms with Crippen LogP contribution >= 0.6 is 0 Å². The fourth-order valence-electron chi connectivity index (χ4n) is 4.02. The summed E-state index contributed by atoms with van der Waals surface area (Å²) in [6.45, 7) is 4.98. The minimum atomic E-state index is -0.358. The third-order valence-electron chi connectivity index (χ3n) is 5.26. The molecule has 0 saturated carbocycles. The summed E-state index contributed by atoms with van der Waals surface area (Å²) in [4.78, 5) is 21.3. The number of hydrogen-bond acceptors (Lipinski definition) is 4. The minimum Gasteiger partial charge on any atom is -0.461 e. The molecule has 2 N–H and O–H groups in total. The van der Waals surface area contributed by atoms with E-state index in [1.807, 2.05) is 12.1 Å². The average molecular weight is 375 g/mol. The number of carbonyl (C=O) groups is 1. The predicted octanol–water partition coefficient (Wildman–Crippen LogP) is 4.31. The van der Waals surface area contributed by atoms with E-state index in [0.717, 1.165) is 39.7 Å². The third-order valence-corrected chi connectivity index (χ3v) is 5.26. The molecule has 0 fully saturated rings. The number of hydrogen-bond donors (Lipinski definition) is 2. The number of benzene rings is 2. The first-order valence-corrected chi connectivity index (χ1v) is 9.48. The Balaban J connectivity index is 1.74. The monoisotopic (exact) mass is 375 g/mol. The normalized spacial score (nSPS) is 15.7. The van der Waals surface area contributed by atoms with Crippen LogP contribution in [-0.4, -0.2) is 22.1 Å². The number of hydroxylamine groups is 1. The van der Waals surface area contributed by atoms with Crippen molar-refractivity contribution >= 4 is 27.8 Å². The van der Waals surface area contributed by atoms with Crippen molar-refractivity contribution < 1.29 is 14.4 Å². The van der Waals surface area contributed by atoms with Gasteiger partial charge in [-0.2, -0.15) is 0 Å². The van der Waals surface area contributed by atoms with Gasteiger partial charge in [0.2, 0.25) is 0 Å². The lowest BCUT2D eigenvalue weighted by Crippen LogP contribution is -2.13. The van der Waals surface area contributed by atoms with Crippen molar-refractivity contribution in [2.75, 3.05) is 6.61 Å². The van der Waals surface area contributed by atoms with Crippen molar-refractivity contribution in [3.8, 4) is 5.75 Å². The van der Waals surface area contributed by atoms with Crippen molar-refractivity contribution in [1.82, 2.24) is 15.0 Å². The van der Waals surface area contributed by atoms with E-state index in [1.165, 1.54) is 5.56 Å². The van der Waals surface area contributed by atoms with E-state index in [1.54, 1.807) is 6.92 Å². The molecule has 4 aromatic rings. The second-order valence-corrected chi connectivity index (χ2v) is 7.07. The van der Waals surface area contributed by atoms with Gasteiger partial charge in [-0.15, -0.1) is 5.48 Å². The van der Waals surface area contributed by atoms with Gasteiger partial charge in [0.25, 0.3) is 0 Å². The lowest BCUT2D eigenvalue weighted by molar-refractivity contribution is 0.0520. The second-order valence-electron chi connectivity index (χ2n) is 7.07. The first kappa shape index (κ1) is 16.9. The lowest BCUT2D eigenvalue weighted by Gasteiger charge is -2.11. The molecule has 0 radical (unpaired) electrons. The summed E-state index contributed by atoms with van der Waals surface area (Å²) in [6.07, 6.45) is 2.10. The van der Waals surface area contributed by atoms with E-state index in [9.17, 15) is 4.79 Å². The number of carbonyl (C=O) groups excluding carboxylic acids is 1. The average Bonchev–Trinajstić information content (AvgIpc) is 3.40. The van der Waals surface area contributed by atoms with Crippen molar-refractivity contribution in [3.05, 3.63) is 65.5 Å². The molecule has 1 atom stereocenters. The van der Waals surface area contributed by atoms with E-state index in [0.29, 0.717) is 12.3 Å². The van der Waals surface area contributed by atoms with E-state index in [4.69, 9.17) is 9.57 Å². The standard InChI is InChI=1S/C22H21N3O3/c1-3-27-22(26)17-11-16-15-9-10-25(12-14-7-5-4-6-8-14)20(15)18-13(2)24-28-21(18)19(16)23-17/h4-11,13,23-24H,3,12H2,1-2H3. The van der Waals surface area contributed by atoms with Crippen molar-refractivity contribution in [3.63, 3.8) is 0 Å². The second kappa shape index (κ2) is 6.42. The molecule has 5 rings (SSSR count). The summed E-state index contributed by atoms with van der Waals surface area (Å²) in [5, 5.41) is 2.05. The van der Waals surface area contributed by atoms with Crippen LogP contribution in [0.5, 0.6) is 5.75 Å². The molecule has 0 aliphatic carbocycles. The summed E-state index contributed by atoms with van der Waals surface area (Å²) in [5.74, 6) is 0.391. The number of rotatable bonds is 4. The molecule has 28 heavy (non-hydrogen) atoms. The molecule has 3 heterocycles. The van der Waals surface area contributed by atoms with Crippen LogP contribution in [0.1, 0.15) is 41.5 Å². The number of aromatic amines is 1. The molecule has 6 heteroatoms. The Morgan fingerprint density at radius 2 is 2.04 bits per heavy atom. The highest BCUT2D eigenvalue weighted by atomic mass is 16.7. The highest BCUT2D eigenvalue weighted by molar-refractivity contribution is 6.13. The van der Waals surface area contributed by atoms with Crippen LogP contribution < -0.4 is 10.3 Å². The largest absolute Gasteiger partial charge is 0.461 e. The summed E-state index contributed by atoms with van der Waals surface area (Å²) in [7, 11) is 0. The number of fused-ring (bicyclic) bond motifs is 6. The Morgan fingerprint density at radius 3 is 2.82 bits per heavy atom. The van der Waals surface area contributed by atoms with Crippen LogP contribution in [-0.2, 0) is 11.3 Å². The predicted molar refractivity (Wildman–Crippen MR) is 107 cm³/mol. The molecule has 1 unspecified atom stereocenters. The number of nitrogens with one attached hydrogen (secondary N) is 2. The Labute approximate surface area is 162 Å². The molecule has 0 spiro atoms. The Morgan fingerprint density at radius 1 is 1.21 bits per heavy atom. The Kier molecular flexibility index (Phi) is 3.87. The van der Waals surface area contributed by atoms with Gasteiger partial charge < -0.3 is 19.1 Å². The maximum Gasteiger partial charge on any atom is 0.354 e. The minimum absolute atomic E-state index is 0.0423. The van der Waals surface area contributed by atoms with Crippen LogP contribution in [0.25, 0.3) is 21.8 Å². The first-order valence-electron chi connectivity index (χ1n) is 9.48. The quantitative estimate of drug-likeness (QED) is 0.522. The first-order chi connectivity index (χ1) is 13.7. The van der Waals surface area contributed by atoms with Crippen molar-refractivity contribution in [1.29, 1.82) is 0 Å². The van der Waals surface area contributed by atoms with Gasteiger partial charge in [0.05, 0.1) is 23.7 Å². The van der Waals surface area contributed by atoms with Gasteiger partial charge in [0.15, 0.2) is 5.75 Å². The number of H-pyrrole nitrogens is 1. The topological polar surface area (TPSA) is 68.3 Å². The summed E-state index contributed by atoms with van der Waals surface area (Å²) < 4.78 is 7.41. The van der Waals surface area contributed by atoms with Crippen molar-refractivity contribution in [2.24, 2.45) is 0 Å². The number of aromatic nitrogens is 2. The van der Waals surface area contributed by atoms with Crippen LogP contribution in [0.3, 0.4) is 0 Å². The van der Waals surface area contributed by atoms with E-state index in [2.05, 4.69) is 58.5 Å². The van der Waals surface area contributed by atoms with Gasteiger partial charge in [-0.3, -0.25) is 0 Å². The van der Waals surface area contributed by atoms with Crippen LogP contribution in [0, 0.1) is 0 Å². The number of nitrogens with zero attached hydrogens (tertiary/aromatic N) is 1. The maximum atomic E-state index is 12.2. The van der Waals surface area contributed by atoms with Gasteiger partial charge in [-0.25, -0.2) is 4.79 Å². The van der Waals surface area contributed by atoms with Gasteiger partial charge in [0.1, 0.15) is 5.69 Å². The maximum absolute atomic E-state index is 12.2. The molecule has 1 aliphatic heterocycles. The SMILES string of the molecule is CCOC(=O)c1cc2c([nH]1)c1c(c3c2ccn3Cc2ccccc2)C(C)NO1. The highest BCUT2D eigenvalue weighted by Gasteiger charge is 2.30. The van der Waals surface area contributed by atoms with Crippen LogP contribution in [0.2, 0.25) is 0 Å². The summed E-state index contributed by atoms with van der Waals surface area (Å²) >= 11 is 0. The van der Waals surface area contributed by atoms with Gasteiger partial charge in [-0.1, -0.05) is 30.3 Å². The molecule has 0 amide bonds.